The Morgan fingerprint density at radius 1 is 1.14 bits per heavy atom. The first-order valence-electron chi connectivity index (χ1n) is 10.8. The van der Waals surface area contributed by atoms with Crippen molar-refractivity contribution in [3.8, 4) is 0 Å². The Labute approximate surface area is 179 Å². The molecule has 4 nitrogen and oxygen atoms in total. The molecule has 1 fully saturated rings. The van der Waals surface area contributed by atoms with Crippen molar-refractivity contribution < 1.29 is 4.74 Å². The van der Waals surface area contributed by atoms with E-state index < -0.39 is 0 Å². The molecule has 2 aliphatic rings. The van der Waals surface area contributed by atoms with Gasteiger partial charge in [0.1, 0.15) is 0 Å². The zero-order chi connectivity index (χ0) is 20.1. The van der Waals surface area contributed by atoms with Crippen molar-refractivity contribution in [1.29, 1.82) is 0 Å². The number of hydrogen-bond acceptors (Lipinski definition) is 5. The fourth-order valence-electron chi connectivity index (χ4n) is 4.75. The van der Waals surface area contributed by atoms with Gasteiger partial charge in [-0.3, -0.25) is 4.90 Å². The van der Waals surface area contributed by atoms with Gasteiger partial charge in [0.25, 0.3) is 0 Å². The van der Waals surface area contributed by atoms with Crippen LogP contribution in [0.1, 0.15) is 24.0 Å². The second kappa shape index (κ2) is 9.98. The summed E-state index contributed by atoms with van der Waals surface area (Å²) in [5.41, 5.74) is 9.91. The van der Waals surface area contributed by atoms with E-state index >= 15 is 0 Å². The zero-order valence-corrected chi connectivity index (χ0v) is 18.2. The standard InChI is InChI=1S/C24H33N3OS/c1-28-13-12-27(29-24-10-4-9-22(25)16-24)18-19-6-5-11-26(17-19)23-14-20-7-2-3-8-21(20)15-23/h2-4,7-10,16,19,23H,5-6,11-15,17-18,25H2,1H3. The molecule has 2 N–H and O–H groups in total. The number of rotatable bonds is 8. The fraction of sp³-hybridized carbons (Fsp3) is 0.500. The van der Waals surface area contributed by atoms with Crippen LogP contribution in [-0.2, 0) is 17.6 Å². The molecular weight excluding hydrogens is 378 g/mol. The minimum atomic E-state index is 0.684. The second-order valence-corrected chi connectivity index (χ2v) is 9.55. The first-order valence-corrected chi connectivity index (χ1v) is 11.6. The van der Waals surface area contributed by atoms with Gasteiger partial charge in [-0.2, -0.15) is 0 Å². The molecule has 0 radical (unpaired) electrons. The molecule has 2 aromatic carbocycles. The number of nitrogens with two attached hydrogens (primary N) is 1. The van der Waals surface area contributed by atoms with Gasteiger partial charge >= 0.3 is 0 Å². The van der Waals surface area contributed by atoms with Gasteiger partial charge in [-0.1, -0.05) is 30.3 Å². The Kier molecular flexibility index (Phi) is 7.14. The van der Waals surface area contributed by atoms with E-state index in [1.54, 1.807) is 18.2 Å². The van der Waals surface area contributed by atoms with Crippen LogP contribution in [-0.4, -0.2) is 55.1 Å². The topological polar surface area (TPSA) is 41.7 Å². The summed E-state index contributed by atoms with van der Waals surface area (Å²) in [6.07, 6.45) is 5.05. The summed E-state index contributed by atoms with van der Waals surface area (Å²) in [5, 5.41) is 0. The molecule has 0 aromatic heterocycles. The molecule has 0 bridgehead atoms. The molecule has 4 rings (SSSR count). The van der Waals surface area contributed by atoms with Gasteiger partial charge in [0.05, 0.1) is 6.61 Å². The number of anilines is 1. The van der Waals surface area contributed by atoms with E-state index in [4.69, 9.17) is 10.5 Å². The summed E-state index contributed by atoms with van der Waals surface area (Å²) < 4.78 is 7.84. The summed E-state index contributed by atoms with van der Waals surface area (Å²) in [4.78, 5) is 3.97. The van der Waals surface area contributed by atoms with Crippen LogP contribution < -0.4 is 5.73 Å². The highest BCUT2D eigenvalue weighted by Gasteiger charge is 2.31. The molecule has 2 aromatic rings. The van der Waals surface area contributed by atoms with Gasteiger partial charge in [0.2, 0.25) is 0 Å². The monoisotopic (exact) mass is 411 g/mol. The number of nitrogens with zero attached hydrogens (tertiary/aromatic N) is 2. The van der Waals surface area contributed by atoms with Crippen molar-refractivity contribution in [2.45, 2.75) is 36.6 Å². The van der Waals surface area contributed by atoms with E-state index in [0.717, 1.165) is 25.4 Å². The lowest BCUT2D eigenvalue weighted by Crippen LogP contribution is -2.45. The maximum absolute atomic E-state index is 5.98. The SMILES string of the molecule is COCCN(CC1CCCN(C2Cc3ccccc3C2)C1)Sc1cccc(N)c1. The van der Waals surface area contributed by atoms with Crippen LogP contribution in [0.5, 0.6) is 0 Å². The van der Waals surface area contributed by atoms with Gasteiger partial charge in [0, 0.05) is 43.4 Å². The number of nitrogen functional groups attached to an aromatic ring is 1. The Morgan fingerprint density at radius 3 is 2.66 bits per heavy atom. The van der Waals surface area contributed by atoms with Crippen molar-refractivity contribution in [2.75, 3.05) is 45.6 Å². The normalized spacial score (nSPS) is 20.3. The van der Waals surface area contributed by atoms with Crippen molar-refractivity contribution in [2.24, 2.45) is 5.92 Å². The molecule has 5 heteroatoms. The Morgan fingerprint density at radius 2 is 1.93 bits per heavy atom. The minimum Gasteiger partial charge on any atom is -0.399 e. The average molecular weight is 412 g/mol. The second-order valence-electron chi connectivity index (χ2n) is 8.38. The molecule has 0 amide bonds. The number of benzene rings is 2. The maximum atomic E-state index is 5.98. The summed E-state index contributed by atoms with van der Waals surface area (Å²) >= 11 is 1.81. The summed E-state index contributed by atoms with van der Waals surface area (Å²) in [7, 11) is 1.78. The first-order chi connectivity index (χ1) is 14.2. The van der Waals surface area contributed by atoms with Crippen molar-refractivity contribution in [1.82, 2.24) is 9.21 Å². The number of methoxy groups -OCH3 is 1. The Bertz CT molecular complexity index is 774. The van der Waals surface area contributed by atoms with E-state index in [2.05, 4.69) is 45.6 Å². The molecule has 0 saturated carbocycles. The Hall–Kier alpha value is -1.53. The van der Waals surface area contributed by atoms with Crippen LogP contribution in [0.2, 0.25) is 0 Å². The molecule has 0 spiro atoms. The van der Waals surface area contributed by atoms with Gasteiger partial charge in [-0.15, -0.1) is 0 Å². The number of fused-ring (bicyclic) bond motifs is 1. The van der Waals surface area contributed by atoms with Gasteiger partial charge in [0.15, 0.2) is 0 Å². The van der Waals surface area contributed by atoms with Gasteiger partial charge in [-0.05, 0) is 79.4 Å². The largest absolute Gasteiger partial charge is 0.399 e. The van der Waals surface area contributed by atoms with Crippen LogP contribution in [0.4, 0.5) is 5.69 Å². The summed E-state index contributed by atoms with van der Waals surface area (Å²) in [6.45, 7) is 5.24. The smallest absolute Gasteiger partial charge is 0.0599 e. The zero-order valence-electron chi connectivity index (χ0n) is 17.4. The molecule has 29 heavy (non-hydrogen) atoms. The van der Waals surface area contributed by atoms with Gasteiger partial charge < -0.3 is 10.5 Å². The van der Waals surface area contributed by atoms with E-state index in [0.29, 0.717) is 12.0 Å². The van der Waals surface area contributed by atoms with E-state index in [1.807, 2.05) is 24.1 Å². The number of ether oxygens (including phenoxy) is 1. The predicted octanol–water partition coefficient (Wildman–Crippen LogP) is 4.10. The molecular formula is C24H33N3OS. The van der Waals surface area contributed by atoms with Crippen LogP contribution >= 0.6 is 11.9 Å². The predicted molar refractivity (Wildman–Crippen MR) is 122 cm³/mol. The number of piperidine rings is 1. The number of likely N-dealkylation sites (tertiary alicyclic amines) is 1. The lowest BCUT2D eigenvalue weighted by atomic mass is 9.96. The molecule has 1 saturated heterocycles. The fourth-order valence-corrected chi connectivity index (χ4v) is 5.83. The highest BCUT2D eigenvalue weighted by Crippen LogP contribution is 2.31. The quantitative estimate of drug-likeness (QED) is 0.523. The molecule has 1 aliphatic heterocycles. The van der Waals surface area contributed by atoms with Crippen LogP contribution in [0.3, 0.4) is 0 Å². The molecule has 1 atom stereocenters. The van der Waals surface area contributed by atoms with E-state index in [-0.39, 0.29) is 0 Å². The maximum Gasteiger partial charge on any atom is 0.0599 e. The first kappa shape index (κ1) is 20.7. The Balaban J connectivity index is 1.36. The molecule has 1 aliphatic carbocycles. The average Bonchev–Trinajstić information content (AvgIpc) is 3.17. The lowest BCUT2D eigenvalue weighted by Gasteiger charge is -2.38. The minimum absolute atomic E-state index is 0.684. The van der Waals surface area contributed by atoms with Gasteiger partial charge in [-0.25, -0.2) is 4.31 Å². The third-order valence-corrected chi connectivity index (χ3v) is 7.25. The lowest BCUT2D eigenvalue weighted by molar-refractivity contribution is 0.112. The van der Waals surface area contributed by atoms with E-state index in [9.17, 15) is 0 Å². The van der Waals surface area contributed by atoms with E-state index in [1.165, 1.54) is 43.7 Å². The van der Waals surface area contributed by atoms with Crippen molar-refractivity contribution in [3.05, 3.63) is 59.7 Å². The van der Waals surface area contributed by atoms with Crippen molar-refractivity contribution >= 4 is 17.6 Å². The molecule has 1 unspecified atom stereocenters. The van der Waals surface area contributed by atoms with Crippen molar-refractivity contribution in [3.63, 3.8) is 0 Å². The van der Waals surface area contributed by atoms with Crippen LogP contribution in [0, 0.1) is 5.92 Å². The molecule has 1 heterocycles. The highest BCUT2D eigenvalue weighted by molar-refractivity contribution is 7.97. The highest BCUT2D eigenvalue weighted by atomic mass is 32.2. The van der Waals surface area contributed by atoms with Crippen LogP contribution in [0.15, 0.2) is 53.4 Å². The third kappa shape index (κ3) is 5.54. The third-order valence-electron chi connectivity index (χ3n) is 6.20. The molecule has 156 valence electrons. The number of hydrogen-bond donors (Lipinski definition) is 1. The van der Waals surface area contributed by atoms with Crippen LogP contribution in [0.25, 0.3) is 0 Å². The summed E-state index contributed by atoms with van der Waals surface area (Å²) in [6, 6.07) is 17.9. The summed E-state index contributed by atoms with van der Waals surface area (Å²) in [5.74, 6) is 0.706.